The summed E-state index contributed by atoms with van der Waals surface area (Å²) in [5, 5.41) is 6.13. The van der Waals surface area contributed by atoms with Crippen LogP contribution in [0.1, 0.15) is 45.6 Å². The molecule has 1 aromatic rings. The molecule has 8 heteroatoms. The number of piperidine rings is 1. The largest absolute Gasteiger partial charge is 0.444 e. The van der Waals surface area contributed by atoms with Gasteiger partial charge in [0.15, 0.2) is 0 Å². The molecule has 0 saturated carbocycles. The molecule has 1 aromatic carbocycles. The molecule has 1 saturated heterocycles. The molecule has 0 bridgehead atoms. The van der Waals surface area contributed by atoms with Crippen LogP contribution in [0, 0.1) is 5.92 Å². The van der Waals surface area contributed by atoms with E-state index in [2.05, 4.69) is 10.6 Å². The molecule has 2 N–H and O–H groups in total. The lowest BCUT2D eigenvalue weighted by molar-refractivity contribution is -0.132. The first-order valence-corrected chi connectivity index (χ1v) is 11.0. The van der Waals surface area contributed by atoms with Crippen molar-refractivity contribution in [2.24, 2.45) is 5.92 Å². The summed E-state index contributed by atoms with van der Waals surface area (Å²) in [4.78, 5) is 37.8. The van der Waals surface area contributed by atoms with Gasteiger partial charge in [-0.2, -0.15) is 0 Å². The van der Waals surface area contributed by atoms with Crippen molar-refractivity contribution in [1.82, 2.24) is 15.5 Å². The van der Waals surface area contributed by atoms with Crippen molar-refractivity contribution in [3.63, 3.8) is 0 Å². The van der Waals surface area contributed by atoms with Gasteiger partial charge in [0.1, 0.15) is 5.60 Å². The number of nitrogens with zero attached hydrogens (tertiary/aromatic N) is 1. The molecule has 1 fully saturated rings. The summed E-state index contributed by atoms with van der Waals surface area (Å²) in [7, 11) is 0. The topological polar surface area (TPSA) is 87.7 Å². The van der Waals surface area contributed by atoms with Gasteiger partial charge in [0, 0.05) is 43.7 Å². The molecule has 31 heavy (non-hydrogen) atoms. The second-order valence-corrected chi connectivity index (χ2v) is 9.01. The third kappa shape index (κ3) is 9.42. The van der Waals surface area contributed by atoms with E-state index < -0.39 is 11.7 Å². The van der Waals surface area contributed by atoms with Gasteiger partial charge in [-0.25, -0.2) is 4.79 Å². The van der Waals surface area contributed by atoms with Crippen molar-refractivity contribution in [2.45, 2.75) is 45.6 Å². The van der Waals surface area contributed by atoms with Gasteiger partial charge >= 0.3 is 6.09 Å². The Morgan fingerprint density at radius 3 is 2.48 bits per heavy atom. The Hall–Kier alpha value is -2.54. The fraction of sp³-hybridized carbons (Fsp3) is 0.522. The molecule has 7 nitrogen and oxygen atoms in total. The molecule has 1 aliphatic rings. The smallest absolute Gasteiger partial charge is 0.407 e. The lowest BCUT2D eigenvalue weighted by atomic mass is 9.96. The Morgan fingerprint density at radius 1 is 1.16 bits per heavy atom. The number of ether oxygens (including phenoxy) is 1. The monoisotopic (exact) mass is 449 g/mol. The van der Waals surface area contributed by atoms with Crippen LogP contribution in [0.2, 0.25) is 5.02 Å². The van der Waals surface area contributed by atoms with E-state index in [1.165, 1.54) is 6.08 Å². The van der Waals surface area contributed by atoms with Gasteiger partial charge in [0.2, 0.25) is 11.8 Å². The molecular formula is C23H32ClN3O4. The van der Waals surface area contributed by atoms with Gasteiger partial charge < -0.3 is 20.3 Å². The van der Waals surface area contributed by atoms with E-state index in [9.17, 15) is 14.4 Å². The van der Waals surface area contributed by atoms with Crippen LogP contribution in [0.5, 0.6) is 0 Å². The Bertz CT molecular complexity index is 796. The fourth-order valence-corrected chi connectivity index (χ4v) is 3.41. The summed E-state index contributed by atoms with van der Waals surface area (Å²) in [6.07, 6.45) is 4.58. The zero-order chi connectivity index (χ0) is 22.9. The third-order valence-electron chi connectivity index (χ3n) is 4.86. The van der Waals surface area contributed by atoms with E-state index in [1.807, 2.05) is 23.1 Å². The van der Waals surface area contributed by atoms with Crippen molar-refractivity contribution in [3.8, 4) is 0 Å². The lowest BCUT2D eigenvalue weighted by Crippen LogP contribution is -2.42. The number of alkyl carbamates (subject to hydrolysis) is 1. The first-order chi connectivity index (χ1) is 14.6. The van der Waals surface area contributed by atoms with Crippen molar-refractivity contribution in [3.05, 3.63) is 40.9 Å². The van der Waals surface area contributed by atoms with Gasteiger partial charge in [0.05, 0.1) is 0 Å². The summed E-state index contributed by atoms with van der Waals surface area (Å²) in [5.74, 6) is 0.189. The molecule has 0 spiro atoms. The number of hydrogen-bond donors (Lipinski definition) is 2. The predicted molar refractivity (Wildman–Crippen MR) is 122 cm³/mol. The molecule has 3 amide bonds. The number of benzene rings is 1. The maximum Gasteiger partial charge on any atom is 0.407 e. The highest BCUT2D eigenvalue weighted by atomic mass is 35.5. The van der Waals surface area contributed by atoms with Crippen molar-refractivity contribution in [2.75, 3.05) is 26.2 Å². The molecule has 0 aromatic heterocycles. The van der Waals surface area contributed by atoms with Crippen molar-refractivity contribution >= 4 is 35.6 Å². The predicted octanol–water partition coefficient (Wildman–Crippen LogP) is 3.62. The average molecular weight is 450 g/mol. The quantitative estimate of drug-likeness (QED) is 0.622. The molecule has 0 radical (unpaired) electrons. The van der Waals surface area contributed by atoms with Crippen LogP contribution < -0.4 is 10.6 Å². The Labute approximate surface area is 189 Å². The number of carbonyl (C=O) groups excluding carboxylic acids is 3. The van der Waals surface area contributed by atoms with Crippen molar-refractivity contribution < 1.29 is 19.1 Å². The van der Waals surface area contributed by atoms with E-state index in [0.29, 0.717) is 30.6 Å². The molecule has 0 atom stereocenters. The number of rotatable bonds is 7. The second-order valence-electron chi connectivity index (χ2n) is 8.60. The number of halogens is 1. The highest BCUT2D eigenvalue weighted by molar-refractivity contribution is 6.32. The molecule has 0 aliphatic carbocycles. The summed E-state index contributed by atoms with van der Waals surface area (Å²) in [6, 6.07) is 7.34. The van der Waals surface area contributed by atoms with Crippen molar-refractivity contribution in [1.29, 1.82) is 0 Å². The standard InChI is InChI=1S/C23H32ClN3O4/c1-23(2,3)31-22(30)25-13-10-21(29)27-14-11-17(12-15-27)16-26-20(28)9-8-18-6-4-5-7-19(18)24/h4-9,17H,10-16H2,1-3H3,(H,25,30)(H,26,28)/b9-8+. The van der Waals surface area contributed by atoms with E-state index in [1.54, 1.807) is 32.9 Å². The minimum absolute atomic E-state index is 0.0150. The Morgan fingerprint density at radius 2 is 1.84 bits per heavy atom. The molecule has 1 heterocycles. The molecule has 1 aliphatic heterocycles. The number of nitrogens with one attached hydrogen (secondary N) is 2. The zero-order valence-electron chi connectivity index (χ0n) is 18.4. The van der Waals surface area contributed by atoms with Gasteiger partial charge in [-0.1, -0.05) is 29.8 Å². The van der Waals surface area contributed by atoms with Crippen LogP contribution in [-0.2, 0) is 14.3 Å². The first kappa shape index (κ1) is 24.7. The number of amides is 3. The summed E-state index contributed by atoms with van der Waals surface area (Å²) in [6.45, 7) is 7.51. The van der Waals surface area contributed by atoms with Crippen LogP contribution in [0.4, 0.5) is 4.79 Å². The summed E-state index contributed by atoms with van der Waals surface area (Å²) >= 11 is 6.08. The second kappa shape index (κ2) is 11.7. The molecule has 2 rings (SSSR count). The minimum Gasteiger partial charge on any atom is -0.444 e. The van der Waals surface area contributed by atoms with Gasteiger partial charge in [0.25, 0.3) is 0 Å². The van der Waals surface area contributed by atoms with E-state index in [0.717, 1.165) is 18.4 Å². The first-order valence-electron chi connectivity index (χ1n) is 10.6. The van der Waals surface area contributed by atoms with Gasteiger partial charge in [-0.05, 0) is 57.2 Å². The minimum atomic E-state index is -0.560. The fourth-order valence-electron chi connectivity index (χ4n) is 3.21. The van der Waals surface area contributed by atoms with E-state index >= 15 is 0 Å². The lowest BCUT2D eigenvalue weighted by Gasteiger charge is -2.32. The van der Waals surface area contributed by atoms with Crippen LogP contribution in [-0.4, -0.2) is 54.6 Å². The number of carbonyl (C=O) groups is 3. The third-order valence-corrected chi connectivity index (χ3v) is 5.20. The molecular weight excluding hydrogens is 418 g/mol. The van der Waals surface area contributed by atoms with Gasteiger partial charge in [-0.3, -0.25) is 9.59 Å². The molecule has 170 valence electrons. The summed E-state index contributed by atoms with van der Waals surface area (Å²) in [5.41, 5.74) is 0.239. The maximum absolute atomic E-state index is 12.3. The van der Waals surface area contributed by atoms with Crippen LogP contribution >= 0.6 is 11.6 Å². The Kier molecular flexibility index (Phi) is 9.37. The highest BCUT2D eigenvalue weighted by Gasteiger charge is 2.23. The average Bonchev–Trinajstić information content (AvgIpc) is 2.70. The maximum atomic E-state index is 12.3. The molecule has 0 unspecified atom stereocenters. The van der Waals surface area contributed by atoms with Crippen LogP contribution in [0.3, 0.4) is 0 Å². The highest BCUT2D eigenvalue weighted by Crippen LogP contribution is 2.18. The zero-order valence-corrected chi connectivity index (χ0v) is 19.2. The van der Waals surface area contributed by atoms with E-state index in [-0.39, 0.29) is 24.8 Å². The van der Waals surface area contributed by atoms with Crippen LogP contribution in [0.25, 0.3) is 6.08 Å². The van der Waals surface area contributed by atoms with Gasteiger partial charge in [-0.15, -0.1) is 0 Å². The SMILES string of the molecule is CC(C)(C)OC(=O)NCCC(=O)N1CCC(CNC(=O)/C=C/c2ccccc2Cl)CC1. The number of hydrogen-bond acceptors (Lipinski definition) is 4. The van der Waals surface area contributed by atoms with E-state index in [4.69, 9.17) is 16.3 Å². The summed E-state index contributed by atoms with van der Waals surface area (Å²) < 4.78 is 5.15. The number of likely N-dealkylation sites (tertiary alicyclic amines) is 1. The normalized spacial score (nSPS) is 15.0. The van der Waals surface area contributed by atoms with Crippen LogP contribution in [0.15, 0.2) is 30.3 Å². The Balaban J connectivity index is 1.63.